The molecule has 0 unspecified atom stereocenters. The second-order valence-electron chi connectivity index (χ2n) is 4.32. The Morgan fingerprint density at radius 2 is 2.00 bits per heavy atom. The van der Waals surface area contributed by atoms with Crippen molar-refractivity contribution in [2.24, 2.45) is 0 Å². The van der Waals surface area contributed by atoms with Gasteiger partial charge in [0, 0.05) is 16.5 Å². The van der Waals surface area contributed by atoms with Crippen LogP contribution < -0.4 is 10.6 Å². The quantitative estimate of drug-likeness (QED) is 0.781. The monoisotopic (exact) mass is 337 g/mol. The van der Waals surface area contributed by atoms with Crippen LogP contribution in [0.5, 0.6) is 0 Å². The van der Waals surface area contributed by atoms with Crippen molar-refractivity contribution < 1.29 is 0 Å². The molecule has 3 nitrogen and oxygen atoms in total. The second kappa shape index (κ2) is 8.22. The zero-order valence-corrected chi connectivity index (χ0v) is 14.0. The van der Waals surface area contributed by atoms with Crippen LogP contribution in [0.3, 0.4) is 0 Å². The van der Waals surface area contributed by atoms with E-state index in [0.29, 0.717) is 5.11 Å². The molecule has 0 radical (unpaired) electrons. The molecule has 0 atom stereocenters. The third-order valence-corrected chi connectivity index (χ3v) is 4.02. The van der Waals surface area contributed by atoms with Gasteiger partial charge in [0.15, 0.2) is 5.11 Å². The van der Waals surface area contributed by atoms with Gasteiger partial charge in [0.2, 0.25) is 0 Å². The van der Waals surface area contributed by atoms with Crippen LogP contribution in [-0.4, -0.2) is 16.6 Å². The predicted molar refractivity (Wildman–Crippen MR) is 94.3 cm³/mol. The molecule has 0 amide bonds. The van der Waals surface area contributed by atoms with Crippen LogP contribution in [0.15, 0.2) is 52.5 Å². The van der Waals surface area contributed by atoms with Crippen LogP contribution in [0, 0.1) is 0 Å². The van der Waals surface area contributed by atoms with E-state index in [1.165, 1.54) is 0 Å². The van der Waals surface area contributed by atoms with Gasteiger partial charge in [0.1, 0.15) is 5.03 Å². The summed E-state index contributed by atoms with van der Waals surface area (Å²) in [4.78, 5) is 5.51. The molecule has 0 saturated heterocycles. The molecular formula is C15H16ClN3S2. The summed E-state index contributed by atoms with van der Waals surface area (Å²) in [5.41, 5.74) is 0.879. The molecule has 0 fully saturated rings. The van der Waals surface area contributed by atoms with E-state index >= 15 is 0 Å². The lowest BCUT2D eigenvalue weighted by molar-refractivity contribution is 0.846. The van der Waals surface area contributed by atoms with Gasteiger partial charge in [-0.2, -0.15) is 0 Å². The van der Waals surface area contributed by atoms with Crippen LogP contribution in [0.25, 0.3) is 0 Å². The Hall–Kier alpha value is -1.30. The van der Waals surface area contributed by atoms with Crippen molar-refractivity contribution in [3.8, 4) is 0 Å². The Balaban J connectivity index is 1.92. The van der Waals surface area contributed by atoms with Crippen molar-refractivity contribution in [3.05, 3.63) is 47.6 Å². The Morgan fingerprint density at radius 3 is 2.62 bits per heavy atom. The SMILES string of the molecule is CCCNC(=S)Nc1ccc(Sc2ccc(Cl)cc2)nc1. The van der Waals surface area contributed by atoms with Gasteiger partial charge < -0.3 is 10.6 Å². The number of nitrogens with one attached hydrogen (secondary N) is 2. The predicted octanol–water partition coefficient (Wildman–Crippen LogP) is 4.58. The summed E-state index contributed by atoms with van der Waals surface area (Å²) in [6.45, 7) is 2.96. The first-order valence-corrected chi connectivity index (χ1v) is 8.22. The molecule has 0 saturated carbocycles. The van der Waals surface area contributed by atoms with Crippen molar-refractivity contribution >= 4 is 46.4 Å². The Kier molecular flexibility index (Phi) is 6.29. The summed E-state index contributed by atoms with van der Waals surface area (Å²) in [6.07, 6.45) is 2.81. The molecule has 0 aliphatic rings. The molecule has 1 aromatic carbocycles. The number of aromatic nitrogens is 1. The smallest absolute Gasteiger partial charge is 0.170 e. The minimum absolute atomic E-state index is 0.622. The van der Waals surface area contributed by atoms with Gasteiger partial charge in [0.25, 0.3) is 0 Å². The Morgan fingerprint density at radius 1 is 1.24 bits per heavy atom. The summed E-state index contributed by atoms with van der Waals surface area (Å²) in [6, 6.07) is 11.6. The van der Waals surface area contributed by atoms with Gasteiger partial charge in [-0.3, -0.25) is 0 Å². The number of anilines is 1. The van der Waals surface area contributed by atoms with Crippen LogP contribution in [-0.2, 0) is 0 Å². The number of halogens is 1. The first-order valence-electron chi connectivity index (χ1n) is 6.61. The zero-order valence-electron chi connectivity index (χ0n) is 11.6. The molecule has 21 heavy (non-hydrogen) atoms. The average Bonchev–Trinajstić information content (AvgIpc) is 2.49. The third-order valence-electron chi connectivity index (χ3n) is 2.57. The Bertz CT molecular complexity index is 585. The number of nitrogens with zero attached hydrogens (tertiary/aromatic N) is 1. The molecule has 0 aliphatic carbocycles. The fraction of sp³-hybridized carbons (Fsp3) is 0.200. The largest absolute Gasteiger partial charge is 0.362 e. The van der Waals surface area contributed by atoms with E-state index < -0.39 is 0 Å². The molecule has 6 heteroatoms. The van der Waals surface area contributed by atoms with Crippen LogP contribution >= 0.6 is 35.6 Å². The van der Waals surface area contributed by atoms with Crippen molar-refractivity contribution in [3.63, 3.8) is 0 Å². The molecule has 1 aromatic heterocycles. The summed E-state index contributed by atoms with van der Waals surface area (Å²) in [5, 5.41) is 8.51. The first kappa shape index (κ1) is 16.1. The number of rotatable bonds is 5. The van der Waals surface area contributed by atoms with Crippen molar-refractivity contribution in [2.75, 3.05) is 11.9 Å². The van der Waals surface area contributed by atoms with Crippen molar-refractivity contribution in [1.29, 1.82) is 0 Å². The first-order chi connectivity index (χ1) is 10.2. The zero-order chi connectivity index (χ0) is 15.1. The van der Waals surface area contributed by atoms with Gasteiger partial charge in [-0.25, -0.2) is 4.98 Å². The highest BCUT2D eigenvalue weighted by atomic mass is 35.5. The highest BCUT2D eigenvalue weighted by molar-refractivity contribution is 7.99. The fourth-order valence-electron chi connectivity index (χ4n) is 1.55. The molecule has 2 rings (SSSR count). The fourth-order valence-corrected chi connectivity index (χ4v) is 2.65. The highest BCUT2D eigenvalue weighted by Gasteiger charge is 2.01. The molecular weight excluding hydrogens is 322 g/mol. The van der Waals surface area contributed by atoms with Crippen LogP contribution in [0.1, 0.15) is 13.3 Å². The van der Waals surface area contributed by atoms with Gasteiger partial charge in [-0.1, -0.05) is 30.3 Å². The maximum Gasteiger partial charge on any atom is 0.170 e. The lowest BCUT2D eigenvalue weighted by Crippen LogP contribution is -2.28. The highest BCUT2D eigenvalue weighted by Crippen LogP contribution is 2.27. The third kappa shape index (κ3) is 5.53. The van der Waals surface area contributed by atoms with Gasteiger partial charge in [0.05, 0.1) is 11.9 Å². The van der Waals surface area contributed by atoms with E-state index in [1.54, 1.807) is 18.0 Å². The molecule has 1 heterocycles. The molecule has 2 N–H and O–H groups in total. The second-order valence-corrected chi connectivity index (χ2v) is 6.26. The van der Waals surface area contributed by atoms with E-state index in [0.717, 1.165) is 33.6 Å². The van der Waals surface area contributed by atoms with E-state index in [-0.39, 0.29) is 0 Å². The molecule has 0 aliphatic heterocycles. The maximum absolute atomic E-state index is 5.87. The summed E-state index contributed by atoms with van der Waals surface area (Å²) in [7, 11) is 0. The van der Waals surface area contributed by atoms with E-state index in [1.807, 2.05) is 36.4 Å². The van der Waals surface area contributed by atoms with E-state index in [2.05, 4.69) is 22.5 Å². The average molecular weight is 338 g/mol. The van der Waals surface area contributed by atoms with Gasteiger partial charge in [-0.05, 0) is 55.0 Å². The molecule has 0 bridgehead atoms. The summed E-state index contributed by atoms with van der Waals surface area (Å²) in [5.74, 6) is 0. The number of hydrogen-bond donors (Lipinski definition) is 2. The van der Waals surface area contributed by atoms with Crippen molar-refractivity contribution in [2.45, 2.75) is 23.3 Å². The topological polar surface area (TPSA) is 37.0 Å². The summed E-state index contributed by atoms with van der Waals surface area (Å²) >= 11 is 12.6. The Labute approximate surface area is 139 Å². The lowest BCUT2D eigenvalue weighted by atomic mass is 10.4. The number of pyridine rings is 1. The summed E-state index contributed by atoms with van der Waals surface area (Å²) < 4.78 is 0. The van der Waals surface area contributed by atoms with Gasteiger partial charge in [-0.15, -0.1) is 0 Å². The minimum atomic E-state index is 0.622. The number of benzene rings is 1. The maximum atomic E-state index is 5.87. The van der Waals surface area contributed by atoms with Crippen molar-refractivity contribution in [1.82, 2.24) is 10.3 Å². The molecule has 110 valence electrons. The molecule has 2 aromatic rings. The van der Waals surface area contributed by atoms with Crippen LogP contribution in [0.2, 0.25) is 5.02 Å². The normalized spacial score (nSPS) is 10.2. The van der Waals surface area contributed by atoms with Crippen LogP contribution in [0.4, 0.5) is 5.69 Å². The lowest BCUT2D eigenvalue weighted by Gasteiger charge is -2.09. The minimum Gasteiger partial charge on any atom is -0.362 e. The number of hydrogen-bond acceptors (Lipinski definition) is 3. The standard InChI is InChI=1S/C15H16ClN3S2/c1-2-9-17-15(20)19-12-5-8-14(18-10-12)21-13-6-3-11(16)4-7-13/h3-8,10H,2,9H2,1H3,(H2,17,19,20). The number of thiocarbonyl (C=S) groups is 1. The van der Waals surface area contributed by atoms with E-state index in [9.17, 15) is 0 Å². The van der Waals surface area contributed by atoms with Gasteiger partial charge >= 0.3 is 0 Å². The molecule has 0 spiro atoms. The van der Waals surface area contributed by atoms with E-state index in [4.69, 9.17) is 23.8 Å².